The summed E-state index contributed by atoms with van der Waals surface area (Å²) in [4.78, 5) is 0. The van der Waals surface area contributed by atoms with E-state index >= 15 is 0 Å². The van der Waals surface area contributed by atoms with Gasteiger partial charge in [0.15, 0.2) is 0 Å². The van der Waals surface area contributed by atoms with Gasteiger partial charge in [0.1, 0.15) is 29.1 Å². The van der Waals surface area contributed by atoms with E-state index in [1.54, 1.807) is 18.2 Å². The maximum atomic E-state index is 14.8. The van der Waals surface area contributed by atoms with Gasteiger partial charge in [-0.2, -0.15) is 5.26 Å². The Morgan fingerprint density at radius 3 is 2.31 bits per heavy atom. The molecule has 0 aliphatic heterocycles. The first-order chi connectivity index (χ1) is 14.0. The van der Waals surface area contributed by atoms with E-state index in [9.17, 15) is 13.2 Å². The average Bonchev–Trinajstić information content (AvgIpc) is 2.70. The summed E-state index contributed by atoms with van der Waals surface area (Å²) in [5.74, 6) is 2.78. The molecule has 0 bridgehead atoms. The minimum Gasteiger partial charge on any atom is -0.205 e. The Balaban J connectivity index is 1.86. The first-order valence-corrected chi connectivity index (χ1v) is 9.65. The predicted octanol–water partition coefficient (Wildman–Crippen LogP) is 6.65. The smallest absolute Gasteiger partial charge is 0.146 e. The molecule has 0 aliphatic carbocycles. The predicted molar refractivity (Wildman–Crippen MR) is 109 cm³/mol. The van der Waals surface area contributed by atoms with Crippen molar-refractivity contribution >= 4 is 10.8 Å². The van der Waals surface area contributed by atoms with Crippen LogP contribution in [0.1, 0.15) is 54.9 Å². The fourth-order valence-electron chi connectivity index (χ4n) is 3.24. The molecular weight excluding hydrogens is 371 g/mol. The third-order valence-corrected chi connectivity index (χ3v) is 4.83. The molecule has 0 amide bonds. The molecule has 0 spiro atoms. The fourth-order valence-corrected chi connectivity index (χ4v) is 3.24. The Morgan fingerprint density at radius 2 is 1.62 bits per heavy atom. The molecule has 0 unspecified atom stereocenters. The van der Waals surface area contributed by atoms with Crippen molar-refractivity contribution in [1.29, 1.82) is 5.26 Å². The molecule has 0 saturated carbocycles. The van der Waals surface area contributed by atoms with Crippen molar-refractivity contribution in [1.82, 2.24) is 0 Å². The largest absolute Gasteiger partial charge is 0.205 e. The van der Waals surface area contributed by atoms with Gasteiger partial charge >= 0.3 is 0 Å². The third kappa shape index (κ3) is 4.79. The molecule has 146 valence electrons. The van der Waals surface area contributed by atoms with Gasteiger partial charge in [-0.25, -0.2) is 13.2 Å². The zero-order valence-electron chi connectivity index (χ0n) is 16.2. The standard InChI is InChI=1S/C25H20F3N/c1-2-3-4-5-6-17-8-12-21-20(13-17)11-10-19(25(21)28)9-7-18-14-23(26)22(16-29)24(27)15-18/h8,10-15H,2-6H2,1H3. The van der Waals surface area contributed by atoms with Crippen LogP contribution in [-0.4, -0.2) is 0 Å². The molecule has 3 rings (SSSR count). The van der Waals surface area contributed by atoms with E-state index in [1.165, 1.54) is 30.9 Å². The van der Waals surface area contributed by atoms with Gasteiger partial charge in [-0.15, -0.1) is 0 Å². The first kappa shape index (κ1) is 20.5. The maximum Gasteiger partial charge on any atom is 0.146 e. The number of unbranched alkanes of at least 4 members (excludes halogenated alkanes) is 3. The number of nitrogens with zero attached hydrogens (tertiary/aromatic N) is 1. The van der Waals surface area contributed by atoms with Crippen molar-refractivity contribution in [2.45, 2.75) is 39.0 Å². The normalized spacial score (nSPS) is 10.4. The van der Waals surface area contributed by atoms with E-state index in [0.717, 1.165) is 30.4 Å². The van der Waals surface area contributed by atoms with Crippen LogP contribution in [0, 0.1) is 40.6 Å². The first-order valence-electron chi connectivity index (χ1n) is 9.65. The lowest BCUT2D eigenvalue weighted by molar-refractivity contribution is 0.576. The summed E-state index contributed by atoms with van der Waals surface area (Å²) in [6.07, 6.45) is 5.68. The fraction of sp³-hybridized carbons (Fsp3) is 0.240. The van der Waals surface area contributed by atoms with Gasteiger partial charge in [-0.3, -0.25) is 0 Å². The highest BCUT2D eigenvalue weighted by Gasteiger charge is 2.10. The lowest BCUT2D eigenvalue weighted by Gasteiger charge is -2.06. The molecule has 1 nitrogen and oxygen atoms in total. The molecule has 0 aliphatic rings. The summed E-state index contributed by atoms with van der Waals surface area (Å²) >= 11 is 0. The second kappa shape index (κ2) is 9.30. The minimum absolute atomic E-state index is 0.0425. The molecule has 3 aromatic carbocycles. The number of aryl methyl sites for hydroxylation is 1. The Kier molecular flexibility index (Phi) is 6.57. The lowest BCUT2D eigenvalue weighted by atomic mass is 10.00. The van der Waals surface area contributed by atoms with E-state index in [4.69, 9.17) is 5.26 Å². The molecule has 0 radical (unpaired) electrons. The molecule has 4 heteroatoms. The zero-order chi connectivity index (χ0) is 20.8. The summed E-state index contributed by atoms with van der Waals surface area (Å²) in [5.41, 5.74) is 0.715. The molecular formula is C25H20F3N. The van der Waals surface area contributed by atoms with E-state index in [1.807, 2.05) is 12.1 Å². The van der Waals surface area contributed by atoms with E-state index in [-0.39, 0.29) is 11.1 Å². The number of fused-ring (bicyclic) bond motifs is 1. The van der Waals surface area contributed by atoms with Crippen LogP contribution in [0.25, 0.3) is 10.8 Å². The number of nitriles is 1. The van der Waals surface area contributed by atoms with Gasteiger partial charge in [0.05, 0.1) is 5.56 Å². The van der Waals surface area contributed by atoms with Crippen LogP contribution >= 0.6 is 0 Å². The van der Waals surface area contributed by atoms with Crippen LogP contribution in [0.4, 0.5) is 13.2 Å². The highest BCUT2D eigenvalue weighted by molar-refractivity contribution is 5.85. The second-order valence-electron chi connectivity index (χ2n) is 6.97. The highest BCUT2D eigenvalue weighted by Crippen LogP contribution is 2.23. The van der Waals surface area contributed by atoms with Crippen molar-refractivity contribution in [3.63, 3.8) is 0 Å². The van der Waals surface area contributed by atoms with Gasteiger partial charge in [0.2, 0.25) is 0 Å². The minimum atomic E-state index is -0.984. The van der Waals surface area contributed by atoms with Crippen LogP contribution in [0.3, 0.4) is 0 Å². The van der Waals surface area contributed by atoms with Crippen molar-refractivity contribution in [3.8, 4) is 17.9 Å². The Labute approximate surface area is 168 Å². The van der Waals surface area contributed by atoms with Crippen LogP contribution in [0.5, 0.6) is 0 Å². The quantitative estimate of drug-likeness (QED) is 0.353. The molecule has 29 heavy (non-hydrogen) atoms. The van der Waals surface area contributed by atoms with Crippen LogP contribution in [-0.2, 0) is 6.42 Å². The van der Waals surface area contributed by atoms with Crippen molar-refractivity contribution in [3.05, 3.63) is 82.2 Å². The van der Waals surface area contributed by atoms with Gasteiger partial charge in [-0.1, -0.05) is 62.3 Å². The Morgan fingerprint density at radius 1 is 0.862 bits per heavy atom. The SMILES string of the molecule is CCCCCCc1ccc2c(F)c(C#Cc3cc(F)c(C#N)c(F)c3)ccc2c1. The molecule has 0 saturated heterocycles. The van der Waals surface area contributed by atoms with E-state index in [0.29, 0.717) is 5.39 Å². The van der Waals surface area contributed by atoms with Gasteiger partial charge in [-0.05, 0) is 42.0 Å². The molecule has 0 N–H and O–H groups in total. The third-order valence-electron chi connectivity index (χ3n) is 4.83. The summed E-state index contributed by atoms with van der Waals surface area (Å²) in [6.45, 7) is 2.17. The molecule has 0 heterocycles. The molecule has 3 aromatic rings. The van der Waals surface area contributed by atoms with Gasteiger partial charge in [0, 0.05) is 10.9 Å². The van der Waals surface area contributed by atoms with Crippen LogP contribution in [0.15, 0.2) is 42.5 Å². The molecule has 0 fully saturated rings. The van der Waals surface area contributed by atoms with Crippen molar-refractivity contribution < 1.29 is 13.2 Å². The molecule has 0 aromatic heterocycles. The average molecular weight is 391 g/mol. The van der Waals surface area contributed by atoms with Crippen molar-refractivity contribution in [2.75, 3.05) is 0 Å². The number of benzene rings is 3. The summed E-state index contributed by atoms with van der Waals surface area (Å²) in [6, 6.07) is 12.5. The topological polar surface area (TPSA) is 23.8 Å². The van der Waals surface area contributed by atoms with Gasteiger partial charge < -0.3 is 0 Å². The van der Waals surface area contributed by atoms with Crippen LogP contribution < -0.4 is 0 Å². The highest BCUT2D eigenvalue weighted by atomic mass is 19.1. The second-order valence-corrected chi connectivity index (χ2v) is 6.97. The zero-order valence-corrected chi connectivity index (χ0v) is 16.2. The number of halogens is 3. The maximum absolute atomic E-state index is 14.8. The van der Waals surface area contributed by atoms with E-state index in [2.05, 4.69) is 18.8 Å². The molecule has 0 atom stereocenters. The lowest BCUT2D eigenvalue weighted by Crippen LogP contribution is -1.92. The Hall–Kier alpha value is -3.24. The number of rotatable bonds is 5. The summed E-state index contributed by atoms with van der Waals surface area (Å²) in [5, 5.41) is 9.98. The summed E-state index contributed by atoms with van der Waals surface area (Å²) < 4.78 is 42.2. The number of hydrogen-bond acceptors (Lipinski definition) is 1. The number of hydrogen-bond donors (Lipinski definition) is 0. The van der Waals surface area contributed by atoms with Crippen molar-refractivity contribution in [2.24, 2.45) is 0 Å². The van der Waals surface area contributed by atoms with Crippen LogP contribution in [0.2, 0.25) is 0 Å². The summed E-state index contributed by atoms with van der Waals surface area (Å²) in [7, 11) is 0. The Bertz CT molecular complexity index is 1120. The monoisotopic (exact) mass is 391 g/mol. The van der Waals surface area contributed by atoms with E-state index < -0.39 is 23.0 Å². The van der Waals surface area contributed by atoms with Gasteiger partial charge in [0.25, 0.3) is 0 Å².